The number of nitrogens with one attached hydrogen (secondary N) is 2. The first-order chi connectivity index (χ1) is 9.52. The standard InChI is InChI=1S/C15H25N3O2/c1-4-20-15-6-5-13(10-14(15)16)9-11(2)17-7-8-18-12(3)19/h5-6,10-11,17H,4,7-9,16H2,1-3H3,(H,18,19). The fourth-order valence-corrected chi connectivity index (χ4v) is 1.99. The molecule has 20 heavy (non-hydrogen) atoms. The normalized spacial score (nSPS) is 11.9. The van der Waals surface area contributed by atoms with E-state index in [9.17, 15) is 4.79 Å². The van der Waals surface area contributed by atoms with Crippen molar-refractivity contribution in [3.05, 3.63) is 23.8 Å². The molecule has 0 saturated carbocycles. The van der Waals surface area contributed by atoms with Crippen molar-refractivity contribution in [3.8, 4) is 5.75 Å². The van der Waals surface area contributed by atoms with Crippen LogP contribution in [0.1, 0.15) is 26.3 Å². The molecule has 0 saturated heterocycles. The molecule has 1 unspecified atom stereocenters. The molecule has 0 fully saturated rings. The number of amides is 1. The van der Waals surface area contributed by atoms with Crippen molar-refractivity contribution < 1.29 is 9.53 Å². The number of benzene rings is 1. The first-order valence-corrected chi connectivity index (χ1v) is 7.02. The second-order valence-electron chi connectivity index (χ2n) is 4.85. The molecule has 0 aromatic heterocycles. The van der Waals surface area contributed by atoms with Gasteiger partial charge in [0, 0.05) is 26.1 Å². The predicted octanol–water partition coefficient (Wildman–Crippen LogP) is 1.32. The van der Waals surface area contributed by atoms with E-state index in [1.165, 1.54) is 12.5 Å². The molecule has 0 aliphatic rings. The van der Waals surface area contributed by atoms with Gasteiger partial charge in [0.1, 0.15) is 5.75 Å². The van der Waals surface area contributed by atoms with Crippen molar-refractivity contribution in [1.29, 1.82) is 0 Å². The summed E-state index contributed by atoms with van der Waals surface area (Å²) in [7, 11) is 0. The van der Waals surface area contributed by atoms with Crippen LogP contribution in [0.4, 0.5) is 5.69 Å². The predicted molar refractivity (Wildman–Crippen MR) is 81.9 cm³/mol. The van der Waals surface area contributed by atoms with E-state index in [4.69, 9.17) is 10.5 Å². The van der Waals surface area contributed by atoms with Crippen molar-refractivity contribution in [3.63, 3.8) is 0 Å². The number of rotatable bonds is 8. The Morgan fingerprint density at radius 1 is 1.40 bits per heavy atom. The molecule has 1 atom stereocenters. The number of nitrogens with two attached hydrogens (primary N) is 1. The summed E-state index contributed by atoms with van der Waals surface area (Å²) < 4.78 is 5.42. The maximum absolute atomic E-state index is 10.7. The molecule has 0 aliphatic carbocycles. The molecule has 5 heteroatoms. The van der Waals surface area contributed by atoms with Crippen LogP contribution in [-0.2, 0) is 11.2 Å². The van der Waals surface area contributed by atoms with Crippen LogP contribution in [0.2, 0.25) is 0 Å². The summed E-state index contributed by atoms with van der Waals surface area (Å²) in [5.41, 5.74) is 7.79. The lowest BCUT2D eigenvalue weighted by Crippen LogP contribution is -2.35. The molecule has 112 valence electrons. The minimum atomic E-state index is -0.00117. The molecule has 0 spiro atoms. The Kier molecular flexibility index (Phi) is 6.87. The zero-order chi connectivity index (χ0) is 15.0. The quantitative estimate of drug-likeness (QED) is 0.495. The third-order valence-electron chi connectivity index (χ3n) is 2.91. The average molecular weight is 279 g/mol. The van der Waals surface area contributed by atoms with Crippen molar-refractivity contribution in [2.45, 2.75) is 33.2 Å². The van der Waals surface area contributed by atoms with Gasteiger partial charge in [-0.25, -0.2) is 0 Å². The van der Waals surface area contributed by atoms with Crippen molar-refractivity contribution in [2.24, 2.45) is 0 Å². The van der Waals surface area contributed by atoms with E-state index in [1.807, 2.05) is 25.1 Å². The summed E-state index contributed by atoms with van der Waals surface area (Å²) in [6, 6.07) is 6.23. The van der Waals surface area contributed by atoms with Crippen LogP contribution in [0, 0.1) is 0 Å². The van der Waals surface area contributed by atoms with Gasteiger partial charge >= 0.3 is 0 Å². The number of hydrogen-bond acceptors (Lipinski definition) is 4. The summed E-state index contributed by atoms with van der Waals surface area (Å²) >= 11 is 0. The van der Waals surface area contributed by atoms with E-state index in [0.29, 0.717) is 24.9 Å². The Bertz CT molecular complexity index is 435. The number of anilines is 1. The molecule has 0 aliphatic heterocycles. The molecule has 1 aromatic rings. The summed E-state index contributed by atoms with van der Waals surface area (Å²) in [6.45, 7) is 7.59. The highest BCUT2D eigenvalue weighted by atomic mass is 16.5. The van der Waals surface area contributed by atoms with E-state index in [1.54, 1.807) is 0 Å². The van der Waals surface area contributed by atoms with Gasteiger partial charge in [-0.3, -0.25) is 4.79 Å². The van der Waals surface area contributed by atoms with Crippen molar-refractivity contribution in [2.75, 3.05) is 25.4 Å². The number of ether oxygens (including phenoxy) is 1. The van der Waals surface area contributed by atoms with Crippen LogP contribution < -0.4 is 21.1 Å². The lowest BCUT2D eigenvalue weighted by atomic mass is 10.1. The zero-order valence-electron chi connectivity index (χ0n) is 12.5. The maximum Gasteiger partial charge on any atom is 0.216 e. The molecule has 0 bridgehead atoms. The molecule has 4 N–H and O–H groups in total. The Hall–Kier alpha value is -1.75. The summed E-state index contributed by atoms with van der Waals surface area (Å²) in [5, 5.41) is 6.12. The van der Waals surface area contributed by atoms with E-state index in [0.717, 1.165) is 18.7 Å². The van der Waals surface area contributed by atoms with Crippen molar-refractivity contribution in [1.82, 2.24) is 10.6 Å². The average Bonchev–Trinajstić information content (AvgIpc) is 2.38. The Morgan fingerprint density at radius 2 is 2.15 bits per heavy atom. The second-order valence-corrected chi connectivity index (χ2v) is 4.85. The van der Waals surface area contributed by atoms with Gasteiger partial charge in [-0.05, 0) is 38.0 Å². The van der Waals surface area contributed by atoms with E-state index in [2.05, 4.69) is 17.6 Å². The second kappa shape index (κ2) is 8.43. The van der Waals surface area contributed by atoms with Gasteiger partial charge in [0.25, 0.3) is 0 Å². The van der Waals surface area contributed by atoms with Gasteiger partial charge in [-0.2, -0.15) is 0 Å². The summed E-state index contributed by atoms with van der Waals surface area (Å²) in [4.78, 5) is 10.7. The van der Waals surface area contributed by atoms with Crippen LogP contribution in [0.3, 0.4) is 0 Å². The number of carbonyl (C=O) groups excluding carboxylic acids is 1. The number of carbonyl (C=O) groups is 1. The molecule has 5 nitrogen and oxygen atoms in total. The van der Waals surface area contributed by atoms with Gasteiger partial charge in [0.15, 0.2) is 0 Å². The van der Waals surface area contributed by atoms with Gasteiger partial charge in [-0.1, -0.05) is 6.07 Å². The van der Waals surface area contributed by atoms with Crippen LogP contribution in [-0.4, -0.2) is 31.6 Å². The first-order valence-electron chi connectivity index (χ1n) is 7.02. The third kappa shape index (κ3) is 5.93. The monoisotopic (exact) mass is 279 g/mol. The molecular formula is C15H25N3O2. The van der Waals surface area contributed by atoms with Crippen molar-refractivity contribution >= 4 is 11.6 Å². The van der Waals surface area contributed by atoms with E-state index in [-0.39, 0.29) is 5.91 Å². The Labute approximate surface area is 120 Å². The molecule has 1 rings (SSSR count). The topological polar surface area (TPSA) is 76.4 Å². The molecule has 1 aromatic carbocycles. The summed E-state index contributed by atoms with van der Waals surface area (Å²) in [6.07, 6.45) is 0.886. The van der Waals surface area contributed by atoms with Crippen LogP contribution in [0.5, 0.6) is 5.75 Å². The van der Waals surface area contributed by atoms with Crippen LogP contribution in [0.15, 0.2) is 18.2 Å². The highest BCUT2D eigenvalue weighted by molar-refractivity contribution is 5.72. The molecular weight excluding hydrogens is 254 g/mol. The molecule has 1 amide bonds. The molecule has 0 heterocycles. The lowest BCUT2D eigenvalue weighted by Gasteiger charge is -2.15. The van der Waals surface area contributed by atoms with E-state index >= 15 is 0 Å². The first kappa shape index (κ1) is 16.3. The van der Waals surface area contributed by atoms with E-state index < -0.39 is 0 Å². The number of hydrogen-bond donors (Lipinski definition) is 3. The lowest BCUT2D eigenvalue weighted by molar-refractivity contribution is -0.118. The Balaban J connectivity index is 2.39. The zero-order valence-corrected chi connectivity index (χ0v) is 12.5. The minimum absolute atomic E-state index is 0.00117. The Morgan fingerprint density at radius 3 is 2.75 bits per heavy atom. The summed E-state index contributed by atoms with van der Waals surface area (Å²) in [5.74, 6) is 0.737. The SMILES string of the molecule is CCOc1ccc(CC(C)NCCNC(C)=O)cc1N. The maximum atomic E-state index is 10.7. The van der Waals surface area contributed by atoms with Gasteiger partial charge in [0.2, 0.25) is 5.91 Å². The largest absolute Gasteiger partial charge is 0.492 e. The van der Waals surface area contributed by atoms with Gasteiger partial charge < -0.3 is 21.1 Å². The van der Waals surface area contributed by atoms with Crippen LogP contribution in [0.25, 0.3) is 0 Å². The van der Waals surface area contributed by atoms with Gasteiger partial charge in [0.05, 0.1) is 12.3 Å². The smallest absolute Gasteiger partial charge is 0.216 e. The van der Waals surface area contributed by atoms with Gasteiger partial charge in [-0.15, -0.1) is 0 Å². The number of nitrogen functional groups attached to an aromatic ring is 1. The minimum Gasteiger partial charge on any atom is -0.492 e. The molecule has 0 radical (unpaired) electrons. The fraction of sp³-hybridized carbons (Fsp3) is 0.533. The van der Waals surface area contributed by atoms with Crippen LogP contribution >= 0.6 is 0 Å². The highest BCUT2D eigenvalue weighted by Crippen LogP contribution is 2.23. The third-order valence-corrected chi connectivity index (χ3v) is 2.91. The fourth-order valence-electron chi connectivity index (χ4n) is 1.99. The highest BCUT2D eigenvalue weighted by Gasteiger charge is 2.06.